The number of hydrogen-bond donors (Lipinski definition) is 0. The van der Waals surface area contributed by atoms with Crippen molar-refractivity contribution in [2.45, 2.75) is 101 Å². The van der Waals surface area contributed by atoms with Gasteiger partial charge in [-0.25, -0.2) is 13.5 Å². The summed E-state index contributed by atoms with van der Waals surface area (Å²) < 4.78 is 5.12. The molecule has 348 valence electrons. The van der Waals surface area contributed by atoms with Crippen molar-refractivity contribution in [2.75, 3.05) is 0 Å². The van der Waals surface area contributed by atoms with E-state index in [1.165, 1.54) is 16.7 Å². The lowest BCUT2D eigenvalue weighted by Crippen LogP contribution is -2.07. The summed E-state index contributed by atoms with van der Waals surface area (Å²) in [6, 6.07) is 37.8. The molecule has 9 aromatic rings. The molecule has 3 aromatic carbocycles. The minimum Gasteiger partial charge on any atom is -0.240 e. The fourth-order valence-corrected chi connectivity index (χ4v) is 7.59. The van der Waals surface area contributed by atoms with Gasteiger partial charge in [0.05, 0.1) is 51.8 Å². The number of fused-ring (bicyclic) bond motifs is 3. The average Bonchev–Trinajstić information content (AvgIpc) is 4.08. The molecule has 0 unspecified atom stereocenters. The summed E-state index contributed by atoms with van der Waals surface area (Å²) in [5.74, 6) is 1.50. The van der Waals surface area contributed by atoms with Gasteiger partial charge >= 0.3 is 0 Å². The van der Waals surface area contributed by atoms with Gasteiger partial charge in [0, 0.05) is 39.6 Å². The third kappa shape index (κ3) is 12.7. The summed E-state index contributed by atoms with van der Waals surface area (Å²) in [6.45, 7) is 26.4. The second-order valence-electron chi connectivity index (χ2n) is 18.3. The topological polar surface area (TPSA) is 123 Å². The van der Waals surface area contributed by atoms with Crippen molar-refractivity contribution in [3.8, 4) is 51.6 Å². The van der Waals surface area contributed by atoms with Gasteiger partial charge in [0.1, 0.15) is 40.6 Å². The molecule has 6 aromatic heterocycles. The Hall–Kier alpha value is -7.61. The summed E-state index contributed by atoms with van der Waals surface area (Å²) in [5.41, 5.74) is 16.5. The molecule has 0 amide bonds. The zero-order valence-electron chi connectivity index (χ0n) is 42.1. The summed E-state index contributed by atoms with van der Waals surface area (Å²) in [5, 5.41) is 40.4. The Morgan fingerprint density at radius 1 is 0.478 bits per heavy atom. The highest BCUT2D eigenvalue weighted by Crippen LogP contribution is 2.31. The first-order valence-electron chi connectivity index (χ1n) is 23.6. The molecular formula is C57H66B3N9. The third-order valence-corrected chi connectivity index (χ3v) is 11.0. The van der Waals surface area contributed by atoms with Crippen LogP contribution in [0.2, 0.25) is 20.5 Å². The Balaban J connectivity index is 0.000000343. The lowest BCUT2D eigenvalue weighted by Gasteiger charge is -2.10. The molecule has 69 heavy (non-hydrogen) atoms. The van der Waals surface area contributed by atoms with Gasteiger partial charge in [-0.15, -0.1) is 0 Å². The summed E-state index contributed by atoms with van der Waals surface area (Å²) in [7, 11) is 11.9. The molecule has 0 aliphatic heterocycles. The van der Waals surface area contributed by atoms with Crippen molar-refractivity contribution in [1.29, 1.82) is 15.8 Å². The van der Waals surface area contributed by atoms with E-state index in [-0.39, 0.29) is 4.28 Å². The quantitative estimate of drug-likeness (QED) is 0.153. The summed E-state index contributed by atoms with van der Waals surface area (Å²) in [6.07, 6.45) is 10.2. The smallest absolute Gasteiger partial charge is 0.130 e. The number of nitrogens with zero attached hydrogens (tertiary/aromatic N) is 9. The fourth-order valence-electron chi connectivity index (χ4n) is 7.59. The average molecular weight is 913 g/mol. The SMILES string of the molecule is CB(C)C.CC.Cc1cc(-c2ccc(C(C)C)cc2)c2c(C#N)cnn2c1.[2HH].[2HH].[2HH].[B]c1cc(-c2ccc(C(C)C)cc2)c2c(C#N)cnn2c1.[B]c1cc(-c2ccc(C(C)C)cc2)c2c(C#N)cnn2c1. The van der Waals surface area contributed by atoms with Gasteiger partial charge in [-0.05, 0) is 69.7 Å². The number of benzene rings is 3. The highest BCUT2D eigenvalue weighted by molar-refractivity contribution is 6.54. The first-order valence-corrected chi connectivity index (χ1v) is 23.6. The van der Waals surface area contributed by atoms with Crippen LogP contribution in [0.4, 0.5) is 0 Å². The minimum absolute atomic E-state index is 0. The summed E-state index contributed by atoms with van der Waals surface area (Å²) in [4.78, 5) is 0. The largest absolute Gasteiger partial charge is 0.240 e. The van der Waals surface area contributed by atoms with Crippen molar-refractivity contribution < 1.29 is 4.28 Å². The van der Waals surface area contributed by atoms with Crippen LogP contribution in [0.1, 0.15) is 116 Å². The van der Waals surface area contributed by atoms with Crippen LogP contribution in [0, 0.1) is 40.9 Å². The van der Waals surface area contributed by atoms with Gasteiger partial charge in [-0.3, -0.25) is 0 Å². The molecule has 4 radical (unpaired) electrons. The van der Waals surface area contributed by atoms with Gasteiger partial charge in [0.15, 0.2) is 0 Å². The molecule has 0 spiro atoms. The number of nitriles is 3. The molecule has 0 aliphatic carbocycles. The number of rotatable bonds is 6. The van der Waals surface area contributed by atoms with E-state index in [1.807, 2.05) is 39.1 Å². The van der Waals surface area contributed by atoms with Gasteiger partial charge in [-0.2, -0.15) is 31.1 Å². The molecule has 0 saturated heterocycles. The van der Waals surface area contributed by atoms with E-state index in [2.05, 4.69) is 174 Å². The van der Waals surface area contributed by atoms with Crippen molar-refractivity contribution >= 4 is 49.9 Å². The van der Waals surface area contributed by atoms with Gasteiger partial charge in [0.25, 0.3) is 0 Å². The maximum absolute atomic E-state index is 9.28. The van der Waals surface area contributed by atoms with Crippen LogP contribution in [0.3, 0.4) is 0 Å². The van der Waals surface area contributed by atoms with Crippen LogP contribution < -0.4 is 10.9 Å². The predicted molar refractivity (Wildman–Crippen MR) is 295 cm³/mol. The predicted octanol–water partition coefficient (Wildman–Crippen LogP) is 13.0. The molecule has 0 bridgehead atoms. The first-order chi connectivity index (χ1) is 33.0. The number of aryl methyl sites for hydroxylation is 1. The number of aromatic nitrogens is 6. The molecule has 6 heterocycles. The molecule has 0 saturated carbocycles. The second kappa shape index (κ2) is 23.9. The molecule has 9 rings (SSSR count). The maximum Gasteiger partial charge on any atom is 0.130 e. The number of hydrogen-bond acceptors (Lipinski definition) is 6. The normalized spacial score (nSPS) is 10.5. The van der Waals surface area contributed by atoms with Gasteiger partial charge < -0.3 is 0 Å². The van der Waals surface area contributed by atoms with Crippen molar-refractivity contribution in [1.82, 2.24) is 28.8 Å². The Labute approximate surface area is 416 Å². The molecule has 0 atom stereocenters. The van der Waals surface area contributed by atoms with Crippen LogP contribution in [0.25, 0.3) is 49.9 Å². The van der Waals surface area contributed by atoms with Gasteiger partial charge in [0.2, 0.25) is 0 Å². The zero-order valence-corrected chi connectivity index (χ0v) is 42.1. The van der Waals surface area contributed by atoms with E-state index in [0.717, 1.165) is 62.2 Å². The molecular weight excluding hydrogens is 843 g/mol. The zero-order chi connectivity index (χ0) is 50.5. The van der Waals surface area contributed by atoms with Crippen LogP contribution in [-0.2, 0) is 0 Å². The second-order valence-corrected chi connectivity index (χ2v) is 18.3. The lowest BCUT2D eigenvalue weighted by molar-refractivity contribution is 0.867. The molecule has 0 N–H and O–H groups in total. The monoisotopic (exact) mass is 913 g/mol. The van der Waals surface area contributed by atoms with Crippen molar-refractivity contribution in [3.05, 3.63) is 167 Å². The standard InChI is InChI=1S/C18H17N3.2C17H14BN3.C3H9B.C2H6.3H2/c1-12(2)14-4-6-15(7-5-14)17-8-13(3)11-21-18(17)16(9-19)10-20-21;2*1-11(2)12-3-5-13(6-4-12)16-7-15(18)10-21-17(16)14(8-19)9-20-21;1-4(2)3;1-2;;;/h4-8,10-12H,1-3H3;2*3-7,9-11H,1-2H3;1-3H3;1-2H3;3*1H/i;;;;;3*1+1. The Morgan fingerprint density at radius 2 is 0.739 bits per heavy atom. The van der Waals surface area contributed by atoms with Crippen molar-refractivity contribution in [3.63, 3.8) is 0 Å². The van der Waals surface area contributed by atoms with E-state index in [9.17, 15) is 15.8 Å². The van der Waals surface area contributed by atoms with Crippen molar-refractivity contribution in [2.24, 2.45) is 0 Å². The minimum atomic E-state index is 0. The highest BCUT2D eigenvalue weighted by atomic mass is 15.2. The van der Waals surface area contributed by atoms with Gasteiger partial charge in [-0.1, -0.05) is 172 Å². The first kappa shape index (κ1) is 52.4. The molecule has 0 fully saturated rings. The molecule has 9 nitrogen and oxygen atoms in total. The number of pyridine rings is 3. The van der Waals surface area contributed by atoms with Crippen LogP contribution >= 0.6 is 0 Å². The van der Waals surface area contributed by atoms with Crippen LogP contribution in [0.5, 0.6) is 0 Å². The van der Waals surface area contributed by atoms with E-state index in [4.69, 9.17) is 15.7 Å². The van der Waals surface area contributed by atoms with Crippen LogP contribution in [-0.4, -0.2) is 51.2 Å². The summed E-state index contributed by atoms with van der Waals surface area (Å²) >= 11 is 0. The maximum atomic E-state index is 9.28. The Bertz CT molecular complexity index is 2930. The van der Waals surface area contributed by atoms with E-state index in [0.29, 0.717) is 45.4 Å². The Kier molecular flexibility index (Phi) is 18.1. The lowest BCUT2D eigenvalue weighted by atomic mass is 9.58. The van der Waals surface area contributed by atoms with E-state index in [1.54, 1.807) is 44.5 Å². The van der Waals surface area contributed by atoms with Crippen LogP contribution in [0.15, 0.2) is 128 Å². The Morgan fingerprint density at radius 3 is 1.00 bits per heavy atom. The van der Waals surface area contributed by atoms with E-state index < -0.39 is 0 Å². The van der Waals surface area contributed by atoms with E-state index >= 15 is 0 Å². The fraction of sp³-hybridized carbons (Fsp3) is 0.263. The molecule has 0 aliphatic rings. The highest BCUT2D eigenvalue weighted by Gasteiger charge is 2.15. The third-order valence-electron chi connectivity index (χ3n) is 11.0. The molecule has 12 heteroatoms.